The van der Waals surface area contributed by atoms with E-state index >= 15 is 0 Å². The monoisotopic (exact) mass is 249 g/mol. The number of thiophene rings is 1. The highest BCUT2D eigenvalue weighted by Gasteiger charge is 2.16. The topological polar surface area (TPSA) is 47.0 Å². The van der Waals surface area contributed by atoms with Gasteiger partial charge in [0.15, 0.2) is 0 Å². The van der Waals surface area contributed by atoms with E-state index in [9.17, 15) is 0 Å². The summed E-state index contributed by atoms with van der Waals surface area (Å²) in [6.45, 7) is 2.95. The summed E-state index contributed by atoms with van der Waals surface area (Å²) in [5.74, 6) is 0.886. The molecule has 0 bridgehead atoms. The molecule has 0 aliphatic carbocycles. The maximum Gasteiger partial charge on any atom is 0.129 e. The number of methoxy groups -OCH3 is 1. The Hall–Kier alpha value is -1.46. The Morgan fingerprint density at radius 3 is 2.94 bits per heavy atom. The molecule has 0 fully saturated rings. The van der Waals surface area contributed by atoms with Crippen LogP contribution < -0.4 is 10.1 Å². The molecule has 5 heteroatoms. The minimum absolute atomic E-state index is 0.0857. The van der Waals surface area contributed by atoms with Crippen molar-refractivity contribution in [3.05, 3.63) is 40.6 Å². The van der Waals surface area contributed by atoms with Crippen LogP contribution >= 0.6 is 11.3 Å². The van der Waals surface area contributed by atoms with Crippen molar-refractivity contribution in [1.29, 1.82) is 0 Å². The largest absolute Gasteiger partial charge is 0.496 e. The number of rotatable bonds is 5. The standard InChI is InChI=1S/C12H15N3OS/c1-3-14-12(10-7-13-4-5-15-10)11-6-9(16-2)8-17-11/h4-8,12,14H,3H2,1-2H3. The third kappa shape index (κ3) is 2.81. The highest BCUT2D eigenvalue weighted by atomic mass is 32.1. The summed E-state index contributed by atoms with van der Waals surface area (Å²) in [6, 6.07) is 2.12. The quantitative estimate of drug-likeness (QED) is 0.883. The summed E-state index contributed by atoms with van der Waals surface area (Å²) >= 11 is 1.66. The van der Waals surface area contributed by atoms with Crippen molar-refractivity contribution in [2.24, 2.45) is 0 Å². The Morgan fingerprint density at radius 2 is 2.35 bits per heavy atom. The van der Waals surface area contributed by atoms with Gasteiger partial charge in [-0.2, -0.15) is 0 Å². The van der Waals surface area contributed by atoms with Crippen LogP contribution in [-0.2, 0) is 0 Å². The van der Waals surface area contributed by atoms with Gasteiger partial charge in [-0.25, -0.2) is 0 Å². The van der Waals surface area contributed by atoms with E-state index in [1.807, 2.05) is 11.4 Å². The van der Waals surface area contributed by atoms with E-state index in [4.69, 9.17) is 4.74 Å². The summed E-state index contributed by atoms with van der Waals surface area (Å²) in [5, 5.41) is 5.40. The number of hydrogen-bond acceptors (Lipinski definition) is 5. The average molecular weight is 249 g/mol. The van der Waals surface area contributed by atoms with Crippen LogP contribution in [0.3, 0.4) is 0 Å². The van der Waals surface area contributed by atoms with E-state index in [1.54, 1.807) is 37.0 Å². The molecule has 2 aromatic heterocycles. The Bertz CT molecular complexity index is 458. The Labute approximate surface area is 105 Å². The summed E-state index contributed by atoms with van der Waals surface area (Å²) < 4.78 is 5.21. The SMILES string of the molecule is CCNC(c1cnccn1)c1cc(OC)cs1. The lowest BCUT2D eigenvalue weighted by molar-refractivity contribution is 0.416. The van der Waals surface area contributed by atoms with Crippen LogP contribution in [0.2, 0.25) is 0 Å². The molecule has 90 valence electrons. The van der Waals surface area contributed by atoms with Crippen LogP contribution in [0.4, 0.5) is 0 Å². The van der Waals surface area contributed by atoms with Gasteiger partial charge in [0.2, 0.25) is 0 Å². The first-order valence-corrected chi connectivity index (χ1v) is 6.34. The second-order valence-corrected chi connectivity index (χ2v) is 4.45. The molecule has 0 aromatic carbocycles. The lowest BCUT2D eigenvalue weighted by atomic mass is 10.2. The molecule has 2 rings (SSSR count). The molecule has 0 aliphatic rings. The predicted octanol–water partition coefficient (Wildman–Crippen LogP) is 2.25. The van der Waals surface area contributed by atoms with Gasteiger partial charge in [0, 0.05) is 22.7 Å². The zero-order chi connectivity index (χ0) is 12.1. The van der Waals surface area contributed by atoms with Gasteiger partial charge < -0.3 is 10.1 Å². The van der Waals surface area contributed by atoms with Gasteiger partial charge in [-0.1, -0.05) is 6.92 Å². The Morgan fingerprint density at radius 1 is 1.47 bits per heavy atom. The molecule has 0 saturated heterocycles. The van der Waals surface area contributed by atoms with Crippen molar-refractivity contribution in [2.75, 3.05) is 13.7 Å². The number of nitrogens with one attached hydrogen (secondary N) is 1. The summed E-state index contributed by atoms with van der Waals surface area (Å²) in [4.78, 5) is 9.65. The molecule has 1 unspecified atom stereocenters. The van der Waals surface area contributed by atoms with Crippen molar-refractivity contribution < 1.29 is 4.74 Å². The van der Waals surface area contributed by atoms with Gasteiger partial charge in [-0.05, 0) is 12.6 Å². The van der Waals surface area contributed by atoms with Gasteiger partial charge in [0.25, 0.3) is 0 Å². The van der Waals surface area contributed by atoms with Gasteiger partial charge in [-0.15, -0.1) is 11.3 Å². The number of hydrogen-bond donors (Lipinski definition) is 1. The van der Waals surface area contributed by atoms with E-state index in [0.29, 0.717) is 0 Å². The highest BCUT2D eigenvalue weighted by Crippen LogP contribution is 2.29. The maximum absolute atomic E-state index is 5.21. The molecule has 4 nitrogen and oxygen atoms in total. The average Bonchev–Trinajstić information content (AvgIpc) is 2.85. The number of nitrogens with zero attached hydrogens (tertiary/aromatic N) is 2. The summed E-state index contributed by atoms with van der Waals surface area (Å²) in [7, 11) is 1.68. The number of ether oxygens (including phenoxy) is 1. The van der Waals surface area contributed by atoms with E-state index in [2.05, 4.69) is 22.2 Å². The lowest BCUT2D eigenvalue weighted by Crippen LogP contribution is -2.22. The van der Waals surface area contributed by atoms with Crippen molar-refractivity contribution in [2.45, 2.75) is 13.0 Å². The second-order valence-electron chi connectivity index (χ2n) is 3.51. The van der Waals surface area contributed by atoms with Crippen molar-refractivity contribution in [3.63, 3.8) is 0 Å². The first-order chi connectivity index (χ1) is 8.35. The van der Waals surface area contributed by atoms with E-state index in [1.165, 1.54) is 4.88 Å². The van der Waals surface area contributed by atoms with E-state index < -0.39 is 0 Å². The van der Waals surface area contributed by atoms with Crippen LogP contribution in [0, 0.1) is 0 Å². The smallest absolute Gasteiger partial charge is 0.129 e. The first-order valence-electron chi connectivity index (χ1n) is 5.47. The Kier molecular flexibility index (Phi) is 4.06. The molecule has 0 amide bonds. The normalized spacial score (nSPS) is 12.4. The fourth-order valence-corrected chi connectivity index (χ4v) is 2.55. The molecular weight excluding hydrogens is 234 g/mol. The van der Waals surface area contributed by atoms with Gasteiger partial charge >= 0.3 is 0 Å². The molecule has 2 heterocycles. The fraction of sp³-hybridized carbons (Fsp3) is 0.333. The number of aromatic nitrogens is 2. The fourth-order valence-electron chi connectivity index (χ4n) is 1.61. The van der Waals surface area contributed by atoms with Crippen LogP contribution in [-0.4, -0.2) is 23.6 Å². The van der Waals surface area contributed by atoms with Crippen molar-refractivity contribution >= 4 is 11.3 Å². The highest BCUT2D eigenvalue weighted by molar-refractivity contribution is 7.10. The van der Waals surface area contributed by atoms with Gasteiger partial charge in [0.05, 0.1) is 25.0 Å². The van der Waals surface area contributed by atoms with Crippen LogP contribution in [0.15, 0.2) is 30.0 Å². The molecule has 1 N–H and O–H groups in total. The van der Waals surface area contributed by atoms with E-state index in [-0.39, 0.29) is 6.04 Å². The second kappa shape index (κ2) is 5.75. The maximum atomic E-state index is 5.21. The molecule has 0 radical (unpaired) electrons. The molecule has 0 spiro atoms. The zero-order valence-electron chi connectivity index (χ0n) is 9.88. The minimum Gasteiger partial charge on any atom is -0.496 e. The summed E-state index contributed by atoms with van der Waals surface area (Å²) in [6.07, 6.45) is 5.19. The zero-order valence-corrected chi connectivity index (χ0v) is 10.7. The van der Waals surface area contributed by atoms with Crippen LogP contribution in [0.25, 0.3) is 0 Å². The molecule has 0 aliphatic heterocycles. The molecule has 2 aromatic rings. The van der Waals surface area contributed by atoms with Gasteiger partial charge in [-0.3, -0.25) is 9.97 Å². The van der Waals surface area contributed by atoms with Crippen molar-refractivity contribution in [1.82, 2.24) is 15.3 Å². The van der Waals surface area contributed by atoms with Gasteiger partial charge in [0.1, 0.15) is 5.75 Å². The molecular formula is C12H15N3OS. The van der Waals surface area contributed by atoms with E-state index in [0.717, 1.165) is 18.0 Å². The first kappa shape index (κ1) is 12.0. The molecule has 17 heavy (non-hydrogen) atoms. The lowest BCUT2D eigenvalue weighted by Gasteiger charge is -2.14. The minimum atomic E-state index is 0.0857. The summed E-state index contributed by atoms with van der Waals surface area (Å²) in [5.41, 5.74) is 0.929. The predicted molar refractivity (Wildman–Crippen MR) is 68.4 cm³/mol. The molecule has 0 saturated carbocycles. The van der Waals surface area contributed by atoms with Crippen molar-refractivity contribution in [3.8, 4) is 5.75 Å². The molecule has 1 atom stereocenters. The third-order valence-electron chi connectivity index (χ3n) is 2.40. The van der Waals surface area contributed by atoms with Crippen LogP contribution in [0.1, 0.15) is 23.5 Å². The Balaban J connectivity index is 2.28. The third-order valence-corrected chi connectivity index (χ3v) is 3.38. The van der Waals surface area contributed by atoms with Crippen LogP contribution in [0.5, 0.6) is 5.75 Å².